The number of hydrogen-bond acceptors (Lipinski definition) is 5. The fraction of sp³-hybridized carbons (Fsp3) is 0.588. The first-order valence-corrected chi connectivity index (χ1v) is 8.69. The molecule has 0 aliphatic carbocycles. The Morgan fingerprint density at radius 3 is 2.80 bits per heavy atom. The van der Waals surface area contributed by atoms with Crippen molar-refractivity contribution >= 4 is 5.91 Å². The number of carbonyl (C=O) groups excluding carboxylic acids is 1. The van der Waals surface area contributed by atoms with Gasteiger partial charge in [-0.05, 0) is 26.0 Å². The van der Waals surface area contributed by atoms with Crippen LogP contribution >= 0.6 is 0 Å². The van der Waals surface area contributed by atoms with Crippen LogP contribution in [0.25, 0.3) is 0 Å². The van der Waals surface area contributed by atoms with Crippen LogP contribution in [0.3, 0.4) is 0 Å². The highest BCUT2D eigenvalue weighted by atomic mass is 16.3. The zero-order valence-electron chi connectivity index (χ0n) is 14.9. The van der Waals surface area contributed by atoms with Gasteiger partial charge >= 0.3 is 0 Å². The van der Waals surface area contributed by atoms with Crippen molar-refractivity contribution in [3.8, 4) is 0 Å². The standard InChI is InChI=1S/C17H26N6O2/c1-21(9-10-24)12-15-19-20-16(22(15)2)13-4-7-23(8-5-13)17(25)14-3-6-18-11-14/h3,6,11,13,18,24H,4-5,7-10,12H2,1-2H3. The van der Waals surface area contributed by atoms with Crippen molar-refractivity contribution in [3.63, 3.8) is 0 Å². The van der Waals surface area contributed by atoms with Gasteiger partial charge in [-0.25, -0.2) is 0 Å². The number of carbonyl (C=O) groups is 1. The predicted octanol–water partition coefficient (Wildman–Crippen LogP) is 0.587. The molecule has 0 saturated carbocycles. The number of aliphatic hydroxyl groups excluding tert-OH is 1. The third-order valence-corrected chi connectivity index (χ3v) is 4.88. The summed E-state index contributed by atoms with van der Waals surface area (Å²) in [7, 11) is 3.95. The Bertz CT molecular complexity index is 688. The number of likely N-dealkylation sites (tertiary alicyclic amines) is 1. The normalized spacial score (nSPS) is 15.9. The molecular weight excluding hydrogens is 320 g/mol. The maximum Gasteiger partial charge on any atom is 0.255 e. The number of rotatable bonds is 6. The van der Waals surface area contributed by atoms with Gasteiger partial charge < -0.3 is 19.6 Å². The SMILES string of the molecule is CN(CCO)Cc1nnc(C2CCN(C(=O)c3cc[nH]c3)CC2)n1C. The van der Waals surface area contributed by atoms with E-state index in [1.807, 2.05) is 30.0 Å². The number of aromatic nitrogens is 4. The van der Waals surface area contributed by atoms with Crippen LogP contribution < -0.4 is 0 Å². The average molecular weight is 346 g/mol. The molecule has 0 unspecified atom stereocenters. The summed E-state index contributed by atoms with van der Waals surface area (Å²) in [6, 6.07) is 1.81. The highest BCUT2D eigenvalue weighted by Gasteiger charge is 2.28. The van der Waals surface area contributed by atoms with Crippen molar-refractivity contribution < 1.29 is 9.90 Å². The molecule has 8 nitrogen and oxygen atoms in total. The first-order chi connectivity index (χ1) is 12.1. The molecule has 3 rings (SSSR count). The first-order valence-electron chi connectivity index (χ1n) is 8.69. The Kier molecular flexibility index (Phi) is 5.50. The van der Waals surface area contributed by atoms with E-state index in [1.165, 1.54) is 0 Å². The molecule has 3 heterocycles. The minimum absolute atomic E-state index is 0.0870. The average Bonchev–Trinajstić information content (AvgIpc) is 3.26. The minimum atomic E-state index is 0.0870. The molecule has 1 amide bonds. The molecule has 0 atom stereocenters. The van der Waals surface area contributed by atoms with Gasteiger partial charge in [0.25, 0.3) is 5.91 Å². The summed E-state index contributed by atoms with van der Waals surface area (Å²) >= 11 is 0. The third kappa shape index (κ3) is 3.91. The summed E-state index contributed by atoms with van der Waals surface area (Å²) in [4.78, 5) is 19.3. The summed E-state index contributed by atoms with van der Waals surface area (Å²) in [6.45, 7) is 2.88. The van der Waals surface area contributed by atoms with E-state index in [0.29, 0.717) is 24.6 Å². The first kappa shape index (κ1) is 17.6. The molecule has 0 aromatic carbocycles. The lowest BCUT2D eigenvalue weighted by Gasteiger charge is -2.31. The van der Waals surface area contributed by atoms with E-state index in [0.717, 1.165) is 37.6 Å². The molecule has 25 heavy (non-hydrogen) atoms. The van der Waals surface area contributed by atoms with Gasteiger partial charge in [-0.2, -0.15) is 0 Å². The quantitative estimate of drug-likeness (QED) is 0.799. The molecular formula is C17H26N6O2. The number of hydrogen-bond donors (Lipinski definition) is 2. The Morgan fingerprint density at radius 2 is 2.16 bits per heavy atom. The zero-order valence-corrected chi connectivity index (χ0v) is 14.9. The lowest BCUT2D eigenvalue weighted by atomic mass is 9.95. The van der Waals surface area contributed by atoms with Gasteiger partial charge in [0.1, 0.15) is 11.6 Å². The van der Waals surface area contributed by atoms with Gasteiger partial charge in [-0.15, -0.1) is 10.2 Å². The fourth-order valence-electron chi connectivity index (χ4n) is 3.34. The smallest absolute Gasteiger partial charge is 0.255 e. The van der Waals surface area contributed by atoms with Crippen LogP contribution in [0, 0.1) is 0 Å². The lowest BCUT2D eigenvalue weighted by molar-refractivity contribution is 0.0710. The Hall–Kier alpha value is -2.19. The van der Waals surface area contributed by atoms with Crippen molar-refractivity contribution in [2.75, 3.05) is 33.3 Å². The number of nitrogens with one attached hydrogen (secondary N) is 1. The number of piperidine rings is 1. The lowest BCUT2D eigenvalue weighted by Crippen LogP contribution is -2.38. The van der Waals surface area contributed by atoms with Crippen molar-refractivity contribution in [3.05, 3.63) is 35.7 Å². The molecule has 0 spiro atoms. The zero-order chi connectivity index (χ0) is 17.8. The Balaban J connectivity index is 1.60. The molecule has 136 valence electrons. The molecule has 8 heteroatoms. The second-order valence-electron chi connectivity index (χ2n) is 6.66. The molecule has 2 aromatic heterocycles. The summed E-state index contributed by atoms with van der Waals surface area (Å²) in [5.41, 5.74) is 0.714. The van der Waals surface area contributed by atoms with Gasteiger partial charge in [0.2, 0.25) is 0 Å². The number of aliphatic hydroxyl groups is 1. The Morgan fingerprint density at radius 1 is 1.40 bits per heavy atom. The second kappa shape index (κ2) is 7.79. The van der Waals surface area contributed by atoms with E-state index in [-0.39, 0.29) is 12.5 Å². The van der Waals surface area contributed by atoms with Crippen molar-refractivity contribution in [2.45, 2.75) is 25.3 Å². The molecule has 1 saturated heterocycles. The van der Waals surface area contributed by atoms with Gasteiger partial charge in [0, 0.05) is 45.0 Å². The van der Waals surface area contributed by atoms with E-state index in [2.05, 4.69) is 19.7 Å². The van der Waals surface area contributed by atoms with Gasteiger partial charge in [0.15, 0.2) is 0 Å². The summed E-state index contributed by atoms with van der Waals surface area (Å²) in [5, 5.41) is 17.7. The van der Waals surface area contributed by atoms with Gasteiger partial charge in [0.05, 0.1) is 18.7 Å². The number of aromatic amines is 1. The van der Waals surface area contributed by atoms with Gasteiger partial charge in [-0.3, -0.25) is 9.69 Å². The van der Waals surface area contributed by atoms with Gasteiger partial charge in [-0.1, -0.05) is 0 Å². The fourth-order valence-corrected chi connectivity index (χ4v) is 3.34. The van der Waals surface area contributed by atoms with Crippen LogP contribution in [0.1, 0.15) is 40.8 Å². The van der Waals surface area contributed by atoms with Crippen LogP contribution in [-0.4, -0.2) is 73.9 Å². The second-order valence-corrected chi connectivity index (χ2v) is 6.66. The maximum absolute atomic E-state index is 12.4. The third-order valence-electron chi connectivity index (χ3n) is 4.88. The van der Waals surface area contributed by atoms with Crippen molar-refractivity contribution in [1.82, 2.24) is 29.5 Å². The largest absolute Gasteiger partial charge is 0.395 e. The predicted molar refractivity (Wildman–Crippen MR) is 93.1 cm³/mol. The summed E-state index contributed by atoms with van der Waals surface area (Å²) in [6.07, 6.45) is 5.31. The van der Waals surface area contributed by atoms with Crippen molar-refractivity contribution in [1.29, 1.82) is 0 Å². The van der Waals surface area contributed by atoms with Crippen molar-refractivity contribution in [2.24, 2.45) is 7.05 Å². The monoisotopic (exact) mass is 346 g/mol. The number of likely N-dealkylation sites (N-methyl/N-ethyl adjacent to an activating group) is 1. The topological polar surface area (TPSA) is 90.3 Å². The molecule has 0 bridgehead atoms. The molecule has 1 aliphatic rings. The molecule has 1 aliphatic heterocycles. The van der Waals surface area contributed by atoms with E-state index in [9.17, 15) is 4.79 Å². The number of nitrogens with zero attached hydrogens (tertiary/aromatic N) is 5. The maximum atomic E-state index is 12.4. The van der Waals surface area contributed by atoms with Crippen LogP contribution in [0.4, 0.5) is 0 Å². The van der Waals surface area contributed by atoms with Crippen LogP contribution in [0.5, 0.6) is 0 Å². The Labute approximate surface area is 147 Å². The highest BCUT2D eigenvalue weighted by molar-refractivity contribution is 5.94. The van der Waals surface area contributed by atoms with E-state index >= 15 is 0 Å². The molecule has 1 fully saturated rings. The molecule has 2 N–H and O–H groups in total. The highest BCUT2D eigenvalue weighted by Crippen LogP contribution is 2.27. The summed E-state index contributed by atoms with van der Waals surface area (Å²) < 4.78 is 2.06. The number of amides is 1. The van der Waals surface area contributed by atoms with E-state index in [1.54, 1.807) is 12.4 Å². The molecule has 0 radical (unpaired) electrons. The van der Waals surface area contributed by atoms with Crippen LogP contribution in [-0.2, 0) is 13.6 Å². The summed E-state index contributed by atoms with van der Waals surface area (Å²) in [5.74, 6) is 2.30. The van der Waals surface area contributed by atoms with E-state index in [4.69, 9.17) is 5.11 Å². The minimum Gasteiger partial charge on any atom is -0.395 e. The number of H-pyrrole nitrogens is 1. The van der Waals surface area contributed by atoms with E-state index < -0.39 is 0 Å². The van der Waals surface area contributed by atoms with Crippen LogP contribution in [0.15, 0.2) is 18.5 Å². The molecule has 2 aromatic rings. The van der Waals surface area contributed by atoms with Crippen LogP contribution in [0.2, 0.25) is 0 Å².